The van der Waals surface area contributed by atoms with E-state index in [9.17, 15) is 43.5 Å². The summed E-state index contributed by atoms with van der Waals surface area (Å²) in [6, 6.07) is -7.86. The fourth-order valence-corrected chi connectivity index (χ4v) is 6.95. The summed E-state index contributed by atoms with van der Waals surface area (Å²) < 4.78 is 0. The first kappa shape index (κ1) is 47.9. The van der Waals surface area contributed by atoms with Crippen molar-refractivity contribution >= 4 is 65.0 Å². The molecule has 0 radical (unpaired) electrons. The maximum atomic E-state index is 14.1. The van der Waals surface area contributed by atoms with Gasteiger partial charge in [0.15, 0.2) is 11.7 Å². The maximum Gasteiger partial charge on any atom is 0.327 e. The molecule has 21 nitrogen and oxygen atoms in total. The van der Waals surface area contributed by atoms with E-state index in [1.807, 2.05) is 0 Å². The minimum atomic E-state index is -1.46. The molecule has 14 N–H and O–H groups in total. The number of H-pyrrole nitrogens is 1. The number of guanidine groups is 1. The molecule has 57 heavy (non-hydrogen) atoms. The number of thioether (sulfide) groups is 1. The van der Waals surface area contributed by atoms with Crippen molar-refractivity contribution in [3.8, 4) is 0 Å². The van der Waals surface area contributed by atoms with Crippen LogP contribution in [0.1, 0.15) is 72.4 Å². The number of aliphatic imine (C=N–C) groups is 1. The smallest absolute Gasteiger partial charge is 0.327 e. The van der Waals surface area contributed by atoms with Crippen LogP contribution in [0.4, 0.5) is 0 Å². The van der Waals surface area contributed by atoms with Crippen LogP contribution in [0.25, 0.3) is 0 Å². The van der Waals surface area contributed by atoms with E-state index < -0.39 is 119 Å². The number of aliphatic carboxylic acids is 2. The lowest BCUT2D eigenvalue weighted by Gasteiger charge is -2.31. The van der Waals surface area contributed by atoms with Gasteiger partial charge in [-0.1, -0.05) is 41.0 Å². The number of carboxylic acid groups (broad SMARTS) is 2. The van der Waals surface area contributed by atoms with Gasteiger partial charge in [0.1, 0.15) is 24.2 Å². The van der Waals surface area contributed by atoms with Crippen LogP contribution in [0.3, 0.4) is 0 Å². The molecule has 22 heteroatoms. The summed E-state index contributed by atoms with van der Waals surface area (Å²) in [6.45, 7) is 8.57. The number of nitrogens with zero attached hydrogens (tertiary/aromatic N) is 2. The van der Waals surface area contributed by atoms with Gasteiger partial charge in [-0.3, -0.25) is 38.6 Å². The number of rotatable bonds is 19. The topological polar surface area (TPSA) is 356 Å². The summed E-state index contributed by atoms with van der Waals surface area (Å²) in [5.74, 6) is -9.52. The molecule has 5 amide bonds. The van der Waals surface area contributed by atoms with Crippen molar-refractivity contribution in [2.75, 3.05) is 12.3 Å². The number of amides is 5. The second kappa shape index (κ2) is 23.1. The van der Waals surface area contributed by atoms with Crippen LogP contribution in [0.2, 0.25) is 0 Å². The van der Waals surface area contributed by atoms with Crippen molar-refractivity contribution in [2.24, 2.45) is 39.9 Å². The zero-order chi connectivity index (χ0) is 43.0. The van der Waals surface area contributed by atoms with Crippen molar-refractivity contribution in [1.29, 1.82) is 0 Å². The zero-order valence-electron chi connectivity index (χ0n) is 32.8. The van der Waals surface area contributed by atoms with Crippen LogP contribution in [-0.4, -0.2) is 127 Å². The molecule has 0 aliphatic carbocycles. The van der Waals surface area contributed by atoms with Gasteiger partial charge in [-0.2, -0.15) is 11.8 Å². The standard InChI is InChI=1S/C35H57N11O10S/c1-6-17(4)27-32(53)43-23(10-19-13-39-15-41-19)31(52)44-24(34(55)56)14-57-18(5)28(33(54)45-27)46-29(50)20(16(2)3)11-25(47)22(8-7-9-40-35(37)38)42-30(51)21(36)12-26(48)49/h13,15-18,20-24,27-28H,6-12,14,36H2,1-5H3,(H,39,41)(H,42,51)(H,43,53)(H,44,52)(H,45,54)(H,46,50)(H,48,49)(H,55,56)(H4,37,38,40). The number of hydrogen-bond donors (Lipinski definition) is 11. The molecule has 0 saturated carbocycles. The second-order valence-corrected chi connectivity index (χ2v) is 15.8. The lowest BCUT2D eigenvalue weighted by atomic mass is 9.87. The highest BCUT2D eigenvalue weighted by Gasteiger charge is 2.39. The van der Waals surface area contributed by atoms with Gasteiger partial charge in [-0.25, -0.2) is 9.78 Å². The molecular weight excluding hydrogens is 767 g/mol. The third kappa shape index (κ3) is 15.7. The molecule has 1 aliphatic heterocycles. The Morgan fingerprint density at radius 3 is 2.25 bits per heavy atom. The van der Waals surface area contributed by atoms with E-state index in [1.54, 1.807) is 34.6 Å². The average Bonchev–Trinajstić information content (AvgIpc) is 3.65. The number of carbonyl (C=O) groups excluding carboxylic acids is 6. The fourth-order valence-electron chi connectivity index (χ4n) is 5.85. The van der Waals surface area contributed by atoms with Gasteiger partial charge in [0.2, 0.25) is 29.5 Å². The normalized spacial score (nSPS) is 22.7. The first-order valence-electron chi connectivity index (χ1n) is 18.6. The minimum absolute atomic E-state index is 0.0232. The number of nitrogens with one attached hydrogen (secondary N) is 6. The summed E-state index contributed by atoms with van der Waals surface area (Å²) in [6.07, 6.45) is 2.36. The summed E-state index contributed by atoms with van der Waals surface area (Å²) in [5.41, 5.74) is 17.0. The maximum absolute atomic E-state index is 14.1. The van der Waals surface area contributed by atoms with E-state index in [2.05, 4.69) is 41.5 Å². The highest BCUT2D eigenvalue weighted by molar-refractivity contribution is 8.00. The number of aromatic amines is 1. The van der Waals surface area contributed by atoms with E-state index >= 15 is 0 Å². The first-order valence-corrected chi connectivity index (χ1v) is 19.7. The Kier molecular flexibility index (Phi) is 19.4. The molecular formula is C35H57N11O10S. The van der Waals surface area contributed by atoms with Crippen molar-refractivity contribution in [1.82, 2.24) is 36.6 Å². The molecule has 0 bridgehead atoms. The third-order valence-electron chi connectivity index (χ3n) is 9.54. The fraction of sp³-hybridized carbons (Fsp3) is 0.657. The number of aromatic nitrogens is 2. The van der Waals surface area contributed by atoms with Gasteiger partial charge in [0.25, 0.3) is 0 Å². The van der Waals surface area contributed by atoms with Gasteiger partial charge in [-0.15, -0.1) is 0 Å². The van der Waals surface area contributed by atoms with Crippen LogP contribution < -0.4 is 43.8 Å². The number of Topliss-reactive ketones (excluding diaryl/α,β-unsaturated/α-hetero) is 1. The van der Waals surface area contributed by atoms with Crippen LogP contribution >= 0.6 is 11.8 Å². The molecule has 2 rings (SSSR count). The van der Waals surface area contributed by atoms with Crippen LogP contribution in [0, 0.1) is 17.8 Å². The number of imidazole rings is 1. The SMILES string of the molecule is CCC(C)C1NC(=O)C(NC(=O)C(CC(=O)C(CCCN=C(N)N)NC(=O)C(N)CC(=O)O)C(C)C)C(C)SCC(C(=O)O)NC(=O)C(Cc2cnc[nH]2)NC1=O. The van der Waals surface area contributed by atoms with Gasteiger partial charge < -0.3 is 59.0 Å². The predicted molar refractivity (Wildman–Crippen MR) is 209 cm³/mol. The van der Waals surface area contributed by atoms with Gasteiger partial charge in [0.05, 0.1) is 24.8 Å². The number of hydrogen-bond acceptors (Lipinski definition) is 12. The highest BCUT2D eigenvalue weighted by atomic mass is 32.2. The molecule has 0 aromatic carbocycles. The van der Waals surface area contributed by atoms with Crippen molar-refractivity contribution in [2.45, 2.75) is 115 Å². The third-order valence-corrected chi connectivity index (χ3v) is 10.9. The Balaban J connectivity index is 2.44. The average molecular weight is 824 g/mol. The van der Waals surface area contributed by atoms with E-state index in [0.717, 1.165) is 11.8 Å². The molecule has 1 aromatic rings. The number of carbonyl (C=O) groups is 8. The summed E-state index contributed by atoms with van der Waals surface area (Å²) in [4.78, 5) is 116. The van der Waals surface area contributed by atoms with Gasteiger partial charge in [-0.05, 0) is 24.7 Å². The lowest BCUT2D eigenvalue weighted by molar-refractivity contribution is -0.141. The zero-order valence-corrected chi connectivity index (χ0v) is 33.6. The van der Waals surface area contributed by atoms with Crippen molar-refractivity contribution < 1.29 is 48.6 Å². The highest BCUT2D eigenvalue weighted by Crippen LogP contribution is 2.22. The number of carboxylic acids is 2. The largest absolute Gasteiger partial charge is 0.481 e. The molecule has 1 aromatic heterocycles. The van der Waals surface area contributed by atoms with Crippen LogP contribution in [-0.2, 0) is 44.8 Å². The Morgan fingerprint density at radius 2 is 1.68 bits per heavy atom. The Morgan fingerprint density at radius 1 is 1.00 bits per heavy atom. The van der Waals surface area contributed by atoms with Crippen LogP contribution in [0.15, 0.2) is 17.5 Å². The summed E-state index contributed by atoms with van der Waals surface area (Å²) in [5, 5.41) is 31.3. The van der Waals surface area contributed by atoms with Gasteiger partial charge >= 0.3 is 11.9 Å². The Bertz CT molecular complexity index is 1610. The van der Waals surface area contributed by atoms with E-state index in [4.69, 9.17) is 22.3 Å². The van der Waals surface area contributed by atoms with Crippen molar-refractivity contribution in [3.05, 3.63) is 18.2 Å². The minimum Gasteiger partial charge on any atom is -0.481 e. The molecule has 1 aliphatic rings. The van der Waals surface area contributed by atoms with E-state index in [1.165, 1.54) is 12.5 Å². The molecule has 0 spiro atoms. The Labute approximate surface area is 334 Å². The summed E-state index contributed by atoms with van der Waals surface area (Å²) >= 11 is 0.989. The monoisotopic (exact) mass is 823 g/mol. The molecule has 9 atom stereocenters. The quantitative estimate of drug-likeness (QED) is 0.0398. The molecule has 1 saturated heterocycles. The molecule has 318 valence electrons. The number of nitrogens with two attached hydrogens (primary N) is 3. The second-order valence-electron chi connectivity index (χ2n) is 14.4. The van der Waals surface area contributed by atoms with E-state index in [-0.39, 0.29) is 37.5 Å². The lowest BCUT2D eigenvalue weighted by Crippen LogP contribution is -2.60. The molecule has 2 heterocycles. The van der Waals surface area contributed by atoms with Crippen LogP contribution in [0.5, 0.6) is 0 Å². The molecule has 9 unspecified atom stereocenters. The van der Waals surface area contributed by atoms with Crippen molar-refractivity contribution in [3.63, 3.8) is 0 Å². The van der Waals surface area contributed by atoms with E-state index in [0.29, 0.717) is 12.1 Å². The predicted octanol–water partition coefficient (Wildman–Crippen LogP) is -2.27. The van der Waals surface area contributed by atoms with Gasteiger partial charge in [0, 0.05) is 48.2 Å². The Hall–Kier alpha value is -5.25. The number of ketones is 1. The first-order chi connectivity index (χ1) is 26.7. The molecule has 1 fully saturated rings. The summed E-state index contributed by atoms with van der Waals surface area (Å²) in [7, 11) is 0.